The van der Waals surface area contributed by atoms with E-state index in [0.717, 1.165) is 11.1 Å². The first-order valence-corrected chi connectivity index (χ1v) is 4.18. The third kappa shape index (κ3) is 1.67. The van der Waals surface area contributed by atoms with Gasteiger partial charge in [0.2, 0.25) is 0 Å². The van der Waals surface area contributed by atoms with E-state index in [0.29, 0.717) is 10.6 Å². The molecule has 0 aliphatic rings. The summed E-state index contributed by atoms with van der Waals surface area (Å²) in [5.41, 5.74) is 2.83. The van der Waals surface area contributed by atoms with Crippen LogP contribution in [0.2, 0.25) is 5.02 Å². The second-order valence-electron chi connectivity index (χ2n) is 2.97. The largest absolute Gasteiger partial charge is 0.294 e. The summed E-state index contributed by atoms with van der Waals surface area (Å²) in [6.07, 6.45) is 0. The van der Waals surface area contributed by atoms with Crippen LogP contribution in [0.25, 0.3) is 0 Å². The van der Waals surface area contributed by atoms with Crippen molar-refractivity contribution in [2.45, 2.75) is 20.8 Å². The molecule has 0 atom stereocenters. The molecule has 0 radical (unpaired) electrons. The maximum Gasteiger partial charge on any atom is 0.161 e. The normalized spacial score (nSPS) is 10.0. The first kappa shape index (κ1) is 9.27. The van der Waals surface area contributed by atoms with E-state index < -0.39 is 0 Å². The predicted octanol–water partition coefficient (Wildman–Crippen LogP) is 3.16. The van der Waals surface area contributed by atoms with Gasteiger partial charge in [0.1, 0.15) is 0 Å². The van der Waals surface area contributed by atoms with Gasteiger partial charge in [-0.25, -0.2) is 0 Å². The minimum atomic E-state index is 0.0168. The maximum absolute atomic E-state index is 11.0. The monoisotopic (exact) mass is 182 g/mol. The van der Waals surface area contributed by atoms with Gasteiger partial charge < -0.3 is 0 Å². The number of hydrogen-bond donors (Lipinski definition) is 0. The van der Waals surface area contributed by atoms with Crippen molar-refractivity contribution in [3.05, 3.63) is 33.8 Å². The van der Waals surface area contributed by atoms with Crippen molar-refractivity contribution in [1.29, 1.82) is 0 Å². The van der Waals surface area contributed by atoms with Crippen LogP contribution in [0.4, 0.5) is 0 Å². The summed E-state index contributed by atoms with van der Waals surface area (Å²) in [5, 5.41) is 0.547. The number of halogens is 1. The Morgan fingerprint density at radius 3 is 2.25 bits per heavy atom. The molecule has 12 heavy (non-hydrogen) atoms. The zero-order chi connectivity index (χ0) is 9.30. The number of rotatable bonds is 1. The maximum atomic E-state index is 11.0. The Bertz CT molecular complexity index is 329. The van der Waals surface area contributed by atoms with Crippen molar-refractivity contribution >= 4 is 17.4 Å². The Morgan fingerprint density at radius 1 is 1.25 bits per heavy atom. The third-order valence-corrected chi connectivity index (χ3v) is 2.28. The number of hydrogen-bond acceptors (Lipinski definition) is 1. The molecular weight excluding hydrogens is 172 g/mol. The topological polar surface area (TPSA) is 17.1 Å². The molecule has 0 aliphatic carbocycles. The molecule has 1 nitrogen and oxygen atoms in total. The van der Waals surface area contributed by atoms with E-state index in [-0.39, 0.29) is 5.78 Å². The van der Waals surface area contributed by atoms with Crippen LogP contribution >= 0.6 is 11.6 Å². The van der Waals surface area contributed by atoms with E-state index in [1.165, 1.54) is 6.92 Å². The first-order chi connectivity index (χ1) is 5.52. The highest BCUT2D eigenvalue weighted by Crippen LogP contribution is 2.20. The van der Waals surface area contributed by atoms with Crippen molar-refractivity contribution in [3.63, 3.8) is 0 Å². The van der Waals surface area contributed by atoms with Crippen molar-refractivity contribution in [2.24, 2.45) is 0 Å². The van der Waals surface area contributed by atoms with Crippen LogP contribution in [0.3, 0.4) is 0 Å². The van der Waals surface area contributed by atoms with Gasteiger partial charge in [0, 0.05) is 5.56 Å². The molecule has 0 saturated carbocycles. The van der Waals surface area contributed by atoms with Gasteiger partial charge in [-0.1, -0.05) is 11.6 Å². The quantitative estimate of drug-likeness (QED) is 0.610. The van der Waals surface area contributed by atoms with E-state index in [4.69, 9.17) is 11.6 Å². The van der Waals surface area contributed by atoms with Crippen molar-refractivity contribution in [2.75, 3.05) is 0 Å². The van der Waals surface area contributed by atoms with E-state index in [9.17, 15) is 4.79 Å². The second-order valence-corrected chi connectivity index (χ2v) is 3.38. The lowest BCUT2D eigenvalue weighted by Crippen LogP contribution is -1.95. The van der Waals surface area contributed by atoms with E-state index in [1.54, 1.807) is 0 Å². The molecule has 1 aromatic carbocycles. The van der Waals surface area contributed by atoms with Crippen LogP contribution in [0.15, 0.2) is 12.1 Å². The van der Waals surface area contributed by atoms with Crippen molar-refractivity contribution < 1.29 is 4.79 Å². The molecule has 2 heteroatoms. The summed E-state index contributed by atoms with van der Waals surface area (Å²) in [7, 11) is 0. The van der Waals surface area contributed by atoms with Crippen LogP contribution in [0.5, 0.6) is 0 Å². The van der Waals surface area contributed by atoms with Crippen LogP contribution < -0.4 is 0 Å². The molecule has 0 aromatic heterocycles. The summed E-state index contributed by atoms with van der Waals surface area (Å²) >= 11 is 5.88. The molecule has 1 rings (SSSR count). The van der Waals surface area contributed by atoms with Crippen LogP contribution in [-0.2, 0) is 0 Å². The molecule has 0 fully saturated rings. The molecule has 0 saturated heterocycles. The van der Waals surface area contributed by atoms with Crippen molar-refractivity contribution in [1.82, 2.24) is 0 Å². The standard InChI is InChI=1S/C10H11ClO/c1-6-4-9(8(3)12)10(11)5-7(6)2/h4-5H,1-3H3. The molecule has 1 aromatic rings. The smallest absolute Gasteiger partial charge is 0.161 e. The van der Waals surface area contributed by atoms with Gasteiger partial charge in [-0.2, -0.15) is 0 Å². The van der Waals surface area contributed by atoms with Gasteiger partial charge in [-0.05, 0) is 44.0 Å². The molecule has 64 valence electrons. The number of Topliss-reactive ketones (excluding diaryl/α,β-unsaturated/α-hetero) is 1. The van der Waals surface area contributed by atoms with Gasteiger partial charge in [-0.15, -0.1) is 0 Å². The highest BCUT2D eigenvalue weighted by atomic mass is 35.5. The lowest BCUT2D eigenvalue weighted by molar-refractivity contribution is 0.101. The number of carbonyl (C=O) groups is 1. The fraction of sp³-hybridized carbons (Fsp3) is 0.300. The number of ketones is 1. The number of aryl methyl sites for hydroxylation is 2. The Balaban J connectivity index is 3.33. The Hall–Kier alpha value is -0.820. The van der Waals surface area contributed by atoms with Crippen LogP contribution in [0, 0.1) is 13.8 Å². The Morgan fingerprint density at radius 2 is 1.75 bits per heavy atom. The Kier molecular flexibility index (Phi) is 2.53. The average Bonchev–Trinajstić information content (AvgIpc) is 1.96. The highest BCUT2D eigenvalue weighted by Gasteiger charge is 2.06. The zero-order valence-electron chi connectivity index (χ0n) is 7.44. The molecule has 0 heterocycles. The number of carbonyl (C=O) groups excluding carboxylic acids is 1. The summed E-state index contributed by atoms with van der Waals surface area (Å²) in [6.45, 7) is 5.47. The summed E-state index contributed by atoms with van der Waals surface area (Å²) in [5.74, 6) is 0.0168. The fourth-order valence-corrected chi connectivity index (χ4v) is 1.40. The minimum Gasteiger partial charge on any atom is -0.294 e. The number of benzene rings is 1. The van der Waals surface area contributed by atoms with Crippen LogP contribution in [0.1, 0.15) is 28.4 Å². The van der Waals surface area contributed by atoms with E-state index >= 15 is 0 Å². The summed E-state index contributed by atoms with van der Waals surface area (Å²) < 4.78 is 0. The lowest BCUT2D eigenvalue weighted by atomic mass is 10.0. The van der Waals surface area contributed by atoms with E-state index in [2.05, 4.69) is 0 Å². The summed E-state index contributed by atoms with van der Waals surface area (Å²) in [6, 6.07) is 3.66. The van der Waals surface area contributed by atoms with Gasteiger partial charge >= 0.3 is 0 Å². The molecule has 0 N–H and O–H groups in total. The van der Waals surface area contributed by atoms with Gasteiger partial charge in [-0.3, -0.25) is 4.79 Å². The van der Waals surface area contributed by atoms with Crippen LogP contribution in [-0.4, -0.2) is 5.78 Å². The Labute approximate surface area is 77.4 Å². The summed E-state index contributed by atoms with van der Waals surface area (Å²) in [4.78, 5) is 11.0. The average molecular weight is 183 g/mol. The zero-order valence-corrected chi connectivity index (χ0v) is 8.20. The highest BCUT2D eigenvalue weighted by molar-refractivity contribution is 6.33. The second kappa shape index (κ2) is 3.28. The molecule has 0 spiro atoms. The minimum absolute atomic E-state index is 0.0168. The SMILES string of the molecule is CC(=O)c1cc(C)c(C)cc1Cl. The fourth-order valence-electron chi connectivity index (χ4n) is 1.05. The van der Waals surface area contributed by atoms with Gasteiger partial charge in [0.05, 0.1) is 5.02 Å². The van der Waals surface area contributed by atoms with Gasteiger partial charge in [0.15, 0.2) is 5.78 Å². The van der Waals surface area contributed by atoms with E-state index in [1.807, 2.05) is 26.0 Å². The lowest BCUT2D eigenvalue weighted by Gasteiger charge is -2.04. The molecule has 0 unspecified atom stereocenters. The molecular formula is C10H11ClO. The molecule has 0 aliphatic heterocycles. The molecule has 0 amide bonds. The van der Waals surface area contributed by atoms with Crippen molar-refractivity contribution in [3.8, 4) is 0 Å². The first-order valence-electron chi connectivity index (χ1n) is 3.80. The van der Waals surface area contributed by atoms with Gasteiger partial charge in [0.25, 0.3) is 0 Å². The third-order valence-electron chi connectivity index (χ3n) is 1.96. The molecule has 0 bridgehead atoms. The predicted molar refractivity (Wildman–Crippen MR) is 50.9 cm³/mol.